The lowest BCUT2D eigenvalue weighted by atomic mass is 10.1. The van der Waals surface area contributed by atoms with Crippen LogP contribution >= 0.6 is 0 Å². The standard InChI is InChI=1S/C14H22O2/c1-11(2)8-9-16-10-14(15)13-6-4-12(3)5-7-13/h4-7,11,14-15H,8-10H2,1-3H3. The van der Waals surface area contributed by atoms with E-state index < -0.39 is 6.10 Å². The van der Waals surface area contributed by atoms with E-state index in [0.717, 1.165) is 18.6 Å². The molecule has 2 nitrogen and oxygen atoms in total. The summed E-state index contributed by atoms with van der Waals surface area (Å²) in [5, 5.41) is 9.85. The molecule has 0 aliphatic carbocycles. The van der Waals surface area contributed by atoms with Gasteiger partial charge in [0.25, 0.3) is 0 Å². The molecule has 1 aromatic rings. The highest BCUT2D eigenvalue weighted by molar-refractivity contribution is 5.23. The second kappa shape index (κ2) is 6.66. The van der Waals surface area contributed by atoms with Crippen LogP contribution in [-0.4, -0.2) is 18.3 Å². The zero-order valence-electron chi connectivity index (χ0n) is 10.4. The van der Waals surface area contributed by atoms with E-state index in [1.807, 2.05) is 31.2 Å². The van der Waals surface area contributed by atoms with Gasteiger partial charge < -0.3 is 9.84 Å². The molecule has 0 amide bonds. The molecule has 0 spiro atoms. The number of rotatable bonds is 6. The first kappa shape index (κ1) is 13.2. The number of aliphatic hydroxyl groups is 1. The molecule has 1 aromatic carbocycles. The molecule has 16 heavy (non-hydrogen) atoms. The van der Waals surface area contributed by atoms with Gasteiger partial charge in [0.15, 0.2) is 0 Å². The highest BCUT2D eigenvalue weighted by Crippen LogP contribution is 2.14. The molecule has 0 aliphatic heterocycles. The van der Waals surface area contributed by atoms with E-state index in [0.29, 0.717) is 12.5 Å². The smallest absolute Gasteiger partial charge is 0.102 e. The van der Waals surface area contributed by atoms with E-state index in [9.17, 15) is 5.11 Å². The minimum atomic E-state index is -0.507. The summed E-state index contributed by atoms with van der Waals surface area (Å²) < 4.78 is 5.44. The fraction of sp³-hybridized carbons (Fsp3) is 0.571. The Bertz CT molecular complexity index is 290. The van der Waals surface area contributed by atoms with E-state index >= 15 is 0 Å². The van der Waals surface area contributed by atoms with Crippen LogP contribution in [0, 0.1) is 12.8 Å². The van der Waals surface area contributed by atoms with Gasteiger partial charge in [-0.05, 0) is 24.8 Å². The highest BCUT2D eigenvalue weighted by Gasteiger charge is 2.07. The van der Waals surface area contributed by atoms with Gasteiger partial charge in [-0.3, -0.25) is 0 Å². The third-order valence-corrected chi connectivity index (χ3v) is 2.58. The largest absolute Gasteiger partial charge is 0.386 e. The molecule has 0 aliphatic rings. The monoisotopic (exact) mass is 222 g/mol. The summed E-state index contributed by atoms with van der Waals surface area (Å²) in [5.41, 5.74) is 2.13. The summed E-state index contributed by atoms with van der Waals surface area (Å²) >= 11 is 0. The molecule has 90 valence electrons. The minimum absolute atomic E-state index is 0.385. The number of hydrogen-bond donors (Lipinski definition) is 1. The molecular weight excluding hydrogens is 200 g/mol. The number of ether oxygens (including phenoxy) is 1. The van der Waals surface area contributed by atoms with Crippen LogP contribution in [0.5, 0.6) is 0 Å². The van der Waals surface area contributed by atoms with Crippen LogP contribution in [0.15, 0.2) is 24.3 Å². The van der Waals surface area contributed by atoms with Crippen LogP contribution in [0.3, 0.4) is 0 Å². The van der Waals surface area contributed by atoms with Crippen molar-refractivity contribution in [3.63, 3.8) is 0 Å². The van der Waals surface area contributed by atoms with Crippen molar-refractivity contribution in [1.82, 2.24) is 0 Å². The van der Waals surface area contributed by atoms with Crippen LogP contribution in [-0.2, 0) is 4.74 Å². The van der Waals surface area contributed by atoms with Crippen LogP contribution in [0.1, 0.15) is 37.5 Å². The topological polar surface area (TPSA) is 29.5 Å². The highest BCUT2D eigenvalue weighted by atomic mass is 16.5. The van der Waals surface area contributed by atoms with Crippen molar-refractivity contribution in [2.24, 2.45) is 5.92 Å². The third kappa shape index (κ3) is 4.77. The van der Waals surface area contributed by atoms with Gasteiger partial charge in [-0.1, -0.05) is 43.7 Å². The summed E-state index contributed by atoms with van der Waals surface area (Å²) in [4.78, 5) is 0. The first-order valence-electron chi connectivity index (χ1n) is 5.92. The molecule has 1 rings (SSSR count). The molecule has 0 heterocycles. The fourth-order valence-electron chi connectivity index (χ4n) is 1.40. The summed E-state index contributed by atoms with van der Waals surface area (Å²) in [6.45, 7) is 7.48. The lowest BCUT2D eigenvalue weighted by Crippen LogP contribution is -2.09. The summed E-state index contributed by atoms with van der Waals surface area (Å²) in [5.74, 6) is 0.650. The molecule has 1 N–H and O–H groups in total. The molecule has 0 bridgehead atoms. The zero-order chi connectivity index (χ0) is 12.0. The number of benzene rings is 1. The predicted molar refractivity (Wildman–Crippen MR) is 66.4 cm³/mol. The number of aliphatic hydroxyl groups excluding tert-OH is 1. The Morgan fingerprint density at radius 1 is 1.19 bits per heavy atom. The van der Waals surface area contributed by atoms with E-state index in [1.54, 1.807) is 0 Å². The average Bonchev–Trinajstić information content (AvgIpc) is 2.25. The van der Waals surface area contributed by atoms with Gasteiger partial charge in [0.1, 0.15) is 6.10 Å². The maximum Gasteiger partial charge on any atom is 0.102 e. The Morgan fingerprint density at radius 2 is 1.81 bits per heavy atom. The van der Waals surface area contributed by atoms with Gasteiger partial charge in [-0.2, -0.15) is 0 Å². The van der Waals surface area contributed by atoms with Crippen molar-refractivity contribution in [3.8, 4) is 0 Å². The second-order valence-electron chi connectivity index (χ2n) is 4.68. The normalized spacial score (nSPS) is 13.1. The maximum atomic E-state index is 9.85. The Hall–Kier alpha value is -0.860. The molecule has 1 atom stereocenters. The van der Waals surface area contributed by atoms with E-state index in [4.69, 9.17) is 4.74 Å². The first-order chi connectivity index (χ1) is 7.59. The molecule has 0 saturated carbocycles. The van der Waals surface area contributed by atoms with Gasteiger partial charge in [0.2, 0.25) is 0 Å². The Morgan fingerprint density at radius 3 is 2.38 bits per heavy atom. The quantitative estimate of drug-likeness (QED) is 0.749. The van der Waals surface area contributed by atoms with Crippen molar-refractivity contribution in [2.75, 3.05) is 13.2 Å². The van der Waals surface area contributed by atoms with Gasteiger partial charge >= 0.3 is 0 Å². The fourth-order valence-corrected chi connectivity index (χ4v) is 1.40. The van der Waals surface area contributed by atoms with Crippen molar-refractivity contribution in [1.29, 1.82) is 0 Å². The lowest BCUT2D eigenvalue weighted by Gasteiger charge is -2.12. The van der Waals surface area contributed by atoms with Crippen molar-refractivity contribution >= 4 is 0 Å². The SMILES string of the molecule is Cc1ccc(C(O)COCCC(C)C)cc1. The van der Waals surface area contributed by atoms with Gasteiger partial charge in [-0.15, -0.1) is 0 Å². The molecule has 0 fully saturated rings. The lowest BCUT2D eigenvalue weighted by molar-refractivity contribution is 0.0319. The molecule has 0 aromatic heterocycles. The van der Waals surface area contributed by atoms with Crippen LogP contribution in [0.2, 0.25) is 0 Å². The van der Waals surface area contributed by atoms with Gasteiger partial charge in [0.05, 0.1) is 6.61 Å². The van der Waals surface area contributed by atoms with Crippen molar-refractivity contribution in [3.05, 3.63) is 35.4 Å². The summed E-state index contributed by atoms with van der Waals surface area (Å²) in [7, 11) is 0. The van der Waals surface area contributed by atoms with Crippen molar-refractivity contribution in [2.45, 2.75) is 33.3 Å². The summed E-state index contributed by atoms with van der Waals surface area (Å²) in [6.07, 6.45) is 0.536. The maximum absolute atomic E-state index is 9.85. The number of aryl methyl sites for hydroxylation is 1. The third-order valence-electron chi connectivity index (χ3n) is 2.58. The Balaban J connectivity index is 2.29. The molecular formula is C14H22O2. The summed E-state index contributed by atoms with van der Waals surface area (Å²) in [6, 6.07) is 7.91. The van der Waals surface area contributed by atoms with E-state index in [-0.39, 0.29) is 0 Å². The van der Waals surface area contributed by atoms with Crippen molar-refractivity contribution < 1.29 is 9.84 Å². The average molecular weight is 222 g/mol. The van der Waals surface area contributed by atoms with Crippen LogP contribution < -0.4 is 0 Å². The first-order valence-corrected chi connectivity index (χ1v) is 5.92. The minimum Gasteiger partial charge on any atom is -0.386 e. The predicted octanol–water partition coefficient (Wildman–Crippen LogP) is 3.09. The van der Waals surface area contributed by atoms with E-state index in [1.165, 1.54) is 5.56 Å². The molecule has 0 saturated heterocycles. The van der Waals surface area contributed by atoms with Crippen LogP contribution in [0.4, 0.5) is 0 Å². The second-order valence-corrected chi connectivity index (χ2v) is 4.68. The molecule has 2 heteroatoms. The molecule has 1 unspecified atom stereocenters. The van der Waals surface area contributed by atoms with Gasteiger partial charge in [0, 0.05) is 6.61 Å². The zero-order valence-corrected chi connectivity index (χ0v) is 10.4. The van der Waals surface area contributed by atoms with Crippen LogP contribution in [0.25, 0.3) is 0 Å². The van der Waals surface area contributed by atoms with E-state index in [2.05, 4.69) is 13.8 Å². The molecule has 0 radical (unpaired) electrons. The Labute approximate surface area is 98.3 Å². The Kier molecular flexibility index (Phi) is 5.50. The number of hydrogen-bond acceptors (Lipinski definition) is 2. The van der Waals surface area contributed by atoms with Gasteiger partial charge in [-0.25, -0.2) is 0 Å².